The van der Waals surface area contributed by atoms with Crippen LogP contribution >= 0.6 is 23.2 Å². The smallest absolute Gasteiger partial charge is 0.345 e. The summed E-state index contributed by atoms with van der Waals surface area (Å²) in [7, 11) is 0. The van der Waals surface area contributed by atoms with Crippen molar-refractivity contribution in [3.8, 4) is 23.3 Å². The maximum Gasteiger partial charge on any atom is 0.345 e. The van der Waals surface area contributed by atoms with Crippen molar-refractivity contribution in [2.24, 2.45) is 5.73 Å². The zero-order valence-electron chi connectivity index (χ0n) is 20.2. The van der Waals surface area contributed by atoms with Crippen LogP contribution < -0.4 is 19.9 Å². The molecule has 4 aromatic carbocycles. The lowest BCUT2D eigenvalue weighted by molar-refractivity contribution is 0.0734. The van der Waals surface area contributed by atoms with Crippen molar-refractivity contribution in [1.82, 2.24) is 0 Å². The van der Waals surface area contributed by atoms with E-state index in [1.807, 2.05) is 12.1 Å². The summed E-state index contributed by atoms with van der Waals surface area (Å²) in [4.78, 5) is 12.7. The molecule has 0 saturated carbocycles. The number of fused-ring (bicyclic) bond motifs is 1. The molecule has 0 amide bonds. The van der Waals surface area contributed by atoms with Gasteiger partial charge in [0.2, 0.25) is 5.88 Å². The normalized spacial score (nSPS) is 14.2. The number of nitrogens with two attached hydrogens (primary N) is 1. The minimum Gasteiger partial charge on any atom is -0.489 e. The fraction of sp³-hybridized carbons (Fsp3) is 0.0667. The minimum atomic E-state index is -0.665. The van der Waals surface area contributed by atoms with Gasteiger partial charge in [-0.1, -0.05) is 53.5 Å². The minimum absolute atomic E-state index is 0.0455. The van der Waals surface area contributed by atoms with Crippen LogP contribution in [-0.2, 0) is 6.61 Å². The summed E-state index contributed by atoms with van der Waals surface area (Å²) in [6, 6.07) is 24.8. The third kappa shape index (κ3) is 5.68. The molecule has 0 radical (unpaired) electrons. The van der Waals surface area contributed by atoms with Crippen LogP contribution in [-0.4, -0.2) is 5.97 Å². The molecule has 0 aromatic heterocycles. The quantitative estimate of drug-likeness (QED) is 0.199. The molecule has 2 N–H and O–H groups in total. The van der Waals surface area contributed by atoms with Gasteiger partial charge in [0, 0.05) is 16.7 Å². The second kappa shape index (κ2) is 11.1. The summed E-state index contributed by atoms with van der Waals surface area (Å²) in [5.41, 5.74) is 8.80. The van der Waals surface area contributed by atoms with Gasteiger partial charge in [0.15, 0.2) is 0 Å². The summed E-state index contributed by atoms with van der Waals surface area (Å²) in [6.45, 7) is 0.277. The summed E-state index contributed by atoms with van der Waals surface area (Å²) in [5, 5.41) is 10.4. The van der Waals surface area contributed by atoms with E-state index in [1.54, 1.807) is 42.5 Å². The van der Waals surface area contributed by atoms with Crippen molar-refractivity contribution < 1.29 is 23.4 Å². The third-order valence-corrected chi connectivity index (χ3v) is 6.63. The van der Waals surface area contributed by atoms with Crippen LogP contribution in [0.4, 0.5) is 4.39 Å². The lowest BCUT2D eigenvalue weighted by Crippen LogP contribution is -2.21. The van der Waals surface area contributed by atoms with Crippen LogP contribution in [0, 0.1) is 17.1 Å². The van der Waals surface area contributed by atoms with Crippen molar-refractivity contribution in [2.45, 2.75) is 12.5 Å². The van der Waals surface area contributed by atoms with E-state index in [4.69, 9.17) is 43.1 Å². The number of esters is 1. The number of hydrogen-bond donors (Lipinski definition) is 1. The van der Waals surface area contributed by atoms with Gasteiger partial charge in [-0.3, -0.25) is 0 Å². The van der Waals surface area contributed by atoms with Gasteiger partial charge in [-0.05, 0) is 59.7 Å². The summed E-state index contributed by atoms with van der Waals surface area (Å²) >= 11 is 12.0. The van der Waals surface area contributed by atoms with Crippen LogP contribution in [0.15, 0.2) is 96.4 Å². The van der Waals surface area contributed by atoms with Crippen LogP contribution in [0.3, 0.4) is 0 Å². The molecule has 39 heavy (non-hydrogen) atoms. The topological polar surface area (TPSA) is 94.6 Å². The number of halogens is 3. The highest BCUT2D eigenvalue weighted by Gasteiger charge is 2.31. The standard InChI is InChI=1S/C30H19Cl2FN2O4/c31-19-5-11-23(26(32)13-19)30(36)38-22-10-12-24-27(14-22)39-29(35)25(15-34)28(24)18-3-8-21(9-4-18)37-16-17-1-6-20(33)7-2-17/h1-14,28H,16,35H2. The summed E-state index contributed by atoms with van der Waals surface area (Å²) in [6.07, 6.45) is 0. The van der Waals surface area contributed by atoms with Crippen LogP contribution in [0.5, 0.6) is 17.2 Å². The Hall–Kier alpha value is -4.51. The Labute approximate surface area is 233 Å². The molecule has 6 nitrogen and oxygen atoms in total. The molecule has 1 aliphatic heterocycles. The first-order valence-electron chi connectivity index (χ1n) is 11.7. The summed E-state index contributed by atoms with van der Waals surface area (Å²) in [5.74, 6) is -0.370. The SMILES string of the molecule is N#CC1=C(N)Oc2cc(OC(=O)c3ccc(Cl)cc3Cl)ccc2C1c1ccc(OCc2ccc(F)cc2)cc1. The molecule has 0 saturated heterocycles. The van der Waals surface area contributed by atoms with E-state index in [0.717, 1.165) is 11.1 Å². The average molecular weight is 561 g/mol. The molecule has 0 aliphatic carbocycles. The average Bonchev–Trinajstić information content (AvgIpc) is 2.92. The molecule has 0 fully saturated rings. The molecule has 0 bridgehead atoms. The van der Waals surface area contributed by atoms with Gasteiger partial charge in [-0.15, -0.1) is 0 Å². The first kappa shape index (κ1) is 26.1. The second-order valence-corrected chi connectivity index (χ2v) is 9.47. The number of benzene rings is 4. The molecule has 9 heteroatoms. The van der Waals surface area contributed by atoms with Gasteiger partial charge < -0.3 is 19.9 Å². The predicted molar refractivity (Wildman–Crippen MR) is 144 cm³/mol. The van der Waals surface area contributed by atoms with E-state index < -0.39 is 11.9 Å². The highest BCUT2D eigenvalue weighted by Crippen LogP contribution is 2.43. The zero-order chi connectivity index (χ0) is 27.5. The van der Waals surface area contributed by atoms with Gasteiger partial charge in [0.25, 0.3) is 0 Å². The van der Waals surface area contributed by atoms with Gasteiger partial charge in [0.05, 0.1) is 16.5 Å². The summed E-state index contributed by atoms with van der Waals surface area (Å²) < 4.78 is 30.2. The predicted octanol–water partition coefficient (Wildman–Crippen LogP) is 7.15. The van der Waals surface area contributed by atoms with E-state index >= 15 is 0 Å². The third-order valence-electron chi connectivity index (χ3n) is 6.08. The van der Waals surface area contributed by atoms with E-state index in [1.165, 1.54) is 30.3 Å². The number of ether oxygens (including phenoxy) is 3. The molecule has 4 aromatic rings. The molecular formula is C30H19Cl2FN2O4. The van der Waals surface area contributed by atoms with E-state index in [-0.39, 0.29) is 40.2 Å². The first-order chi connectivity index (χ1) is 18.8. The molecule has 0 spiro atoms. The number of nitrogens with zero attached hydrogens (tertiary/aromatic N) is 1. The number of hydrogen-bond acceptors (Lipinski definition) is 6. The lowest BCUT2D eigenvalue weighted by atomic mass is 9.83. The highest BCUT2D eigenvalue weighted by atomic mass is 35.5. The molecule has 194 valence electrons. The van der Waals surface area contributed by atoms with Crippen LogP contribution in [0.25, 0.3) is 0 Å². The fourth-order valence-electron chi connectivity index (χ4n) is 4.16. The fourth-order valence-corrected chi connectivity index (χ4v) is 4.65. The molecule has 5 rings (SSSR count). The van der Waals surface area contributed by atoms with Crippen LogP contribution in [0.1, 0.15) is 33.0 Å². The number of nitriles is 1. The first-order valence-corrected chi connectivity index (χ1v) is 12.4. The Morgan fingerprint density at radius 1 is 0.974 bits per heavy atom. The van der Waals surface area contributed by atoms with Gasteiger partial charge in [-0.25, -0.2) is 9.18 Å². The molecule has 1 aliphatic rings. The van der Waals surface area contributed by atoms with Crippen molar-refractivity contribution >= 4 is 29.2 Å². The zero-order valence-corrected chi connectivity index (χ0v) is 21.7. The Kier molecular flexibility index (Phi) is 7.42. The van der Waals surface area contributed by atoms with Crippen molar-refractivity contribution in [2.75, 3.05) is 0 Å². The Bertz CT molecular complexity index is 1630. The van der Waals surface area contributed by atoms with E-state index in [2.05, 4.69) is 6.07 Å². The highest BCUT2D eigenvalue weighted by molar-refractivity contribution is 6.36. The van der Waals surface area contributed by atoms with Gasteiger partial charge in [0.1, 0.15) is 41.3 Å². The molecule has 1 atom stereocenters. The molecular weight excluding hydrogens is 542 g/mol. The Morgan fingerprint density at radius 2 is 1.69 bits per heavy atom. The Balaban J connectivity index is 1.37. The molecule has 1 heterocycles. The molecule has 1 unspecified atom stereocenters. The van der Waals surface area contributed by atoms with E-state index in [9.17, 15) is 14.4 Å². The van der Waals surface area contributed by atoms with Crippen LogP contribution in [0.2, 0.25) is 10.0 Å². The van der Waals surface area contributed by atoms with E-state index in [0.29, 0.717) is 22.1 Å². The van der Waals surface area contributed by atoms with Crippen molar-refractivity contribution in [1.29, 1.82) is 5.26 Å². The number of allylic oxidation sites excluding steroid dienone is 1. The monoisotopic (exact) mass is 560 g/mol. The lowest BCUT2D eigenvalue weighted by Gasteiger charge is -2.27. The number of carbonyl (C=O) groups is 1. The Morgan fingerprint density at radius 3 is 2.38 bits per heavy atom. The number of carbonyl (C=O) groups excluding carboxylic acids is 1. The second-order valence-electron chi connectivity index (χ2n) is 8.62. The largest absolute Gasteiger partial charge is 0.489 e. The maximum atomic E-state index is 13.1. The van der Waals surface area contributed by atoms with Crippen molar-refractivity contribution in [3.63, 3.8) is 0 Å². The maximum absolute atomic E-state index is 13.1. The van der Waals surface area contributed by atoms with Gasteiger partial charge in [-0.2, -0.15) is 5.26 Å². The van der Waals surface area contributed by atoms with Crippen molar-refractivity contribution in [3.05, 3.63) is 135 Å². The number of rotatable bonds is 6. The van der Waals surface area contributed by atoms with Gasteiger partial charge >= 0.3 is 5.97 Å².